The van der Waals surface area contributed by atoms with E-state index in [4.69, 9.17) is 0 Å². The van der Waals surface area contributed by atoms with Crippen molar-refractivity contribution in [2.24, 2.45) is 23.7 Å². The quantitative estimate of drug-likeness (QED) is 0.191. The lowest BCUT2D eigenvalue weighted by atomic mass is 9.87. The molecule has 1 amide bonds. The van der Waals surface area contributed by atoms with Crippen molar-refractivity contribution >= 4 is 15.9 Å². The second-order valence-corrected chi connectivity index (χ2v) is 12.1. The first-order chi connectivity index (χ1) is 15.5. The van der Waals surface area contributed by atoms with Gasteiger partial charge >= 0.3 is 0 Å². The molecule has 7 heteroatoms. The van der Waals surface area contributed by atoms with Crippen molar-refractivity contribution in [1.82, 2.24) is 4.72 Å². The van der Waals surface area contributed by atoms with Gasteiger partial charge in [0.25, 0.3) is 0 Å². The number of nitrogens with one attached hydrogen (secondary N) is 1. The van der Waals surface area contributed by atoms with E-state index in [1.54, 1.807) is 0 Å². The van der Waals surface area contributed by atoms with Gasteiger partial charge in [-0.15, -0.1) is 0 Å². The number of hydrogen-bond acceptors (Lipinski definition) is 5. The third kappa shape index (κ3) is 9.65. The van der Waals surface area contributed by atoms with Gasteiger partial charge in [-0.05, 0) is 95.5 Å². The largest absolute Gasteiger partial charge is 0.512 e. The monoisotopic (exact) mass is 481 g/mol. The van der Waals surface area contributed by atoms with Crippen molar-refractivity contribution in [3.8, 4) is 0 Å². The van der Waals surface area contributed by atoms with Crippen LogP contribution in [0.25, 0.3) is 0 Å². The van der Waals surface area contributed by atoms with Crippen LogP contribution >= 0.6 is 0 Å². The van der Waals surface area contributed by atoms with Crippen LogP contribution in [0.1, 0.15) is 85.0 Å². The Balaban J connectivity index is 1.76. The third-order valence-corrected chi connectivity index (χ3v) is 7.50. The van der Waals surface area contributed by atoms with Crippen LogP contribution in [0.15, 0.2) is 35.1 Å². The van der Waals surface area contributed by atoms with Gasteiger partial charge in [-0.3, -0.25) is 9.52 Å². The van der Waals surface area contributed by atoms with Crippen molar-refractivity contribution in [2.45, 2.75) is 91.1 Å². The molecule has 0 aromatic carbocycles. The van der Waals surface area contributed by atoms with E-state index < -0.39 is 22.0 Å². The summed E-state index contributed by atoms with van der Waals surface area (Å²) >= 11 is 0. The van der Waals surface area contributed by atoms with Gasteiger partial charge in [-0.25, -0.2) is 8.42 Å². The van der Waals surface area contributed by atoms with E-state index in [0.29, 0.717) is 30.4 Å². The summed E-state index contributed by atoms with van der Waals surface area (Å²) in [5.41, 5.74) is 2.68. The summed E-state index contributed by atoms with van der Waals surface area (Å²) in [4.78, 5) is 11.6. The fraction of sp³-hybridized carbons (Fsp3) is 0.731. The fourth-order valence-electron chi connectivity index (χ4n) is 5.25. The van der Waals surface area contributed by atoms with Gasteiger partial charge in [-0.2, -0.15) is 0 Å². The van der Waals surface area contributed by atoms with Gasteiger partial charge < -0.3 is 10.2 Å². The van der Waals surface area contributed by atoms with E-state index >= 15 is 0 Å². The summed E-state index contributed by atoms with van der Waals surface area (Å²) < 4.78 is 24.2. The predicted octanol–water partition coefficient (Wildman–Crippen LogP) is 5.17. The molecule has 0 aromatic heterocycles. The molecule has 2 rings (SSSR count). The first kappa shape index (κ1) is 27.6. The summed E-state index contributed by atoms with van der Waals surface area (Å²) in [5.74, 6) is 0.843. The van der Waals surface area contributed by atoms with Crippen LogP contribution in [-0.2, 0) is 14.8 Å². The molecule has 0 aliphatic heterocycles. The molecule has 0 aromatic rings. The maximum atomic E-state index is 11.6. The number of carbonyl (C=O) groups is 1. The normalized spacial score (nSPS) is 26.0. The highest BCUT2D eigenvalue weighted by atomic mass is 32.2. The summed E-state index contributed by atoms with van der Waals surface area (Å²) in [6, 6.07) is 0. The van der Waals surface area contributed by atoms with Crippen molar-refractivity contribution in [3.63, 3.8) is 0 Å². The Hall–Kier alpha value is -1.60. The van der Waals surface area contributed by atoms with Crippen LogP contribution in [0.2, 0.25) is 0 Å². The number of hydrogen-bond donors (Lipinski definition) is 3. The summed E-state index contributed by atoms with van der Waals surface area (Å²) in [5, 5.41) is 21.3. The third-order valence-electron chi connectivity index (χ3n) is 6.90. The minimum absolute atomic E-state index is 0.190. The SMILES string of the molecule is CC(C)=CCCC(C)CCC=C(O)[C@H]1[C@@H]2CC(CCCCC(=O)NS(C)(=O)=O)=C[C@@H]2C[C@@H]1O. The zero-order valence-corrected chi connectivity index (χ0v) is 21.5. The Morgan fingerprint density at radius 2 is 1.88 bits per heavy atom. The molecule has 2 aliphatic rings. The number of allylic oxidation sites excluding steroid dienone is 5. The number of aliphatic hydroxyl groups excluding tert-OH is 2. The van der Waals surface area contributed by atoms with Crippen molar-refractivity contribution < 1.29 is 23.4 Å². The molecule has 0 bridgehead atoms. The van der Waals surface area contributed by atoms with Gasteiger partial charge in [0.05, 0.1) is 18.1 Å². The zero-order valence-electron chi connectivity index (χ0n) is 20.7. The molecule has 1 fully saturated rings. The highest BCUT2D eigenvalue weighted by Crippen LogP contribution is 2.49. The number of carbonyl (C=O) groups excluding carboxylic acids is 1. The zero-order chi connectivity index (χ0) is 24.6. The number of amides is 1. The second-order valence-electron chi connectivity index (χ2n) is 10.4. The van der Waals surface area contributed by atoms with E-state index in [0.717, 1.165) is 51.2 Å². The molecular weight excluding hydrogens is 438 g/mol. The smallest absolute Gasteiger partial charge is 0.233 e. The molecule has 0 radical (unpaired) electrons. The van der Waals surface area contributed by atoms with Crippen LogP contribution in [0.4, 0.5) is 0 Å². The second kappa shape index (κ2) is 12.7. The van der Waals surface area contributed by atoms with Crippen molar-refractivity contribution in [3.05, 3.63) is 35.1 Å². The molecule has 2 aliphatic carbocycles. The molecule has 188 valence electrons. The van der Waals surface area contributed by atoms with Gasteiger partial charge in [0.1, 0.15) is 0 Å². The number of rotatable bonds is 13. The Kier molecular flexibility index (Phi) is 10.7. The van der Waals surface area contributed by atoms with E-state index in [-0.39, 0.29) is 18.3 Å². The molecule has 1 unspecified atom stereocenters. The van der Waals surface area contributed by atoms with Crippen LogP contribution in [0.5, 0.6) is 0 Å². The van der Waals surface area contributed by atoms with Crippen LogP contribution in [0, 0.1) is 23.7 Å². The van der Waals surface area contributed by atoms with E-state index in [9.17, 15) is 23.4 Å². The number of unbranched alkanes of at least 4 members (excludes halogenated alkanes) is 1. The highest BCUT2D eigenvalue weighted by molar-refractivity contribution is 7.89. The summed E-state index contributed by atoms with van der Waals surface area (Å²) in [6.45, 7) is 6.49. The minimum atomic E-state index is -3.49. The maximum Gasteiger partial charge on any atom is 0.233 e. The minimum Gasteiger partial charge on any atom is -0.512 e. The van der Waals surface area contributed by atoms with Crippen molar-refractivity contribution in [1.29, 1.82) is 0 Å². The highest BCUT2D eigenvalue weighted by Gasteiger charge is 2.46. The molecule has 3 N–H and O–H groups in total. The summed E-state index contributed by atoms with van der Waals surface area (Å²) in [6.07, 6.45) is 15.1. The van der Waals surface area contributed by atoms with E-state index in [2.05, 4.69) is 32.9 Å². The molecule has 0 saturated heterocycles. The first-order valence-corrected chi connectivity index (χ1v) is 14.3. The number of fused-ring (bicyclic) bond motifs is 1. The lowest BCUT2D eigenvalue weighted by molar-refractivity contribution is -0.119. The van der Waals surface area contributed by atoms with Gasteiger partial charge in [0.15, 0.2) is 0 Å². The lowest BCUT2D eigenvalue weighted by Crippen LogP contribution is -2.28. The Morgan fingerprint density at radius 1 is 1.21 bits per heavy atom. The standard InChI is InChI=1S/C26H43NO5S/c1-18(2)9-7-10-19(3)11-8-13-23(28)26-22-16-20(15-21(22)17-24(26)29)12-5-6-14-25(30)27-33(4,31)32/h9,13,15,19,21-22,24,26,28-29H,5-8,10-12,14,16-17H2,1-4H3,(H,27,30)/t19?,21-,22-,24+,26-/m1/s1. The number of sulfonamides is 1. The van der Waals surface area contributed by atoms with Crippen molar-refractivity contribution in [2.75, 3.05) is 6.26 Å². The van der Waals surface area contributed by atoms with Crippen LogP contribution in [0.3, 0.4) is 0 Å². The summed E-state index contributed by atoms with van der Waals surface area (Å²) in [7, 11) is -3.49. The predicted molar refractivity (Wildman–Crippen MR) is 133 cm³/mol. The topological polar surface area (TPSA) is 104 Å². The average Bonchev–Trinajstić information content (AvgIpc) is 3.19. The molecule has 1 saturated carbocycles. The fourth-order valence-corrected chi connectivity index (χ4v) is 5.76. The molecule has 6 nitrogen and oxygen atoms in total. The van der Waals surface area contributed by atoms with Crippen LogP contribution < -0.4 is 4.72 Å². The van der Waals surface area contributed by atoms with Gasteiger partial charge in [0, 0.05) is 12.3 Å². The molecule has 33 heavy (non-hydrogen) atoms. The Morgan fingerprint density at radius 3 is 2.52 bits per heavy atom. The van der Waals surface area contributed by atoms with Crippen LogP contribution in [-0.4, -0.2) is 36.9 Å². The molecule has 0 spiro atoms. The van der Waals surface area contributed by atoms with Gasteiger partial charge in [0.2, 0.25) is 15.9 Å². The molecular formula is C26H43NO5S. The lowest BCUT2D eigenvalue weighted by Gasteiger charge is -2.21. The van der Waals surface area contributed by atoms with E-state index in [1.165, 1.54) is 11.1 Å². The first-order valence-electron chi connectivity index (χ1n) is 12.4. The Labute approximate surface area is 200 Å². The number of aliphatic hydroxyl groups is 2. The van der Waals surface area contributed by atoms with E-state index in [1.807, 2.05) is 10.8 Å². The molecule has 0 heterocycles. The van der Waals surface area contributed by atoms with Gasteiger partial charge in [-0.1, -0.05) is 30.2 Å². The average molecular weight is 482 g/mol. The molecule has 5 atom stereocenters. The Bertz CT molecular complexity index is 854. The maximum absolute atomic E-state index is 11.6.